The van der Waals surface area contributed by atoms with Gasteiger partial charge in [0.1, 0.15) is 17.2 Å². The Morgan fingerprint density at radius 1 is 1.15 bits per heavy atom. The van der Waals surface area contributed by atoms with Gasteiger partial charge < -0.3 is 20.6 Å². The highest BCUT2D eigenvalue weighted by Gasteiger charge is 2.49. The Balaban J connectivity index is 1.21. The molecule has 1 aliphatic carbocycles. The van der Waals surface area contributed by atoms with Gasteiger partial charge in [0, 0.05) is 26.1 Å². The Morgan fingerprint density at radius 2 is 1.90 bits per heavy atom. The minimum atomic E-state index is -1.20. The SMILES string of the molecule is CC(C)(C)[S@@](=O)NC1c2ccccc2CC12CCN(c1ncc(C(=O)N3CCc4nc(N)ccc43)nc1CO)CC2. The van der Waals surface area contributed by atoms with Gasteiger partial charge in [-0.05, 0) is 68.7 Å². The van der Waals surface area contributed by atoms with Gasteiger partial charge in [0.2, 0.25) is 0 Å². The highest BCUT2D eigenvalue weighted by atomic mass is 32.2. The number of rotatable bonds is 5. The first kappa shape index (κ1) is 27.7. The third-order valence-electron chi connectivity index (χ3n) is 8.63. The number of benzene rings is 1. The van der Waals surface area contributed by atoms with E-state index in [1.807, 2.05) is 20.8 Å². The van der Waals surface area contributed by atoms with Crippen LogP contribution in [0, 0.1) is 5.41 Å². The maximum atomic E-state index is 13.4. The Labute approximate surface area is 243 Å². The first-order valence-corrected chi connectivity index (χ1v) is 15.3. The lowest BCUT2D eigenvalue weighted by Gasteiger charge is -2.44. The fourth-order valence-corrected chi connectivity index (χ4v) is 7.36. The van der Waals surface area contributed by atoms with E-state index in [1.54, 1.807) is 17.0 Å². The molecule has 1 amide bonds. The van der Waals surface area contributed by atoms with E-state index in [0.717, 1.165) is 43.7 Å². The number of pyridine rings is 1. The van der Waals surface area contributed by atoms with Gasteiger partial charge in [0.05, 0.1) is 46.0 Å². The van der Waals surface area contributed by atoms with Crippen LogP contribution in [0.2, 0.25) is 0 Å². The Kier molecular flexibility index (Phi) is 7.07. The summed E-state index contributed by atoms with van der Waals surface area (Å²) < 4.78 is 16.3. The number of hydrogen-bond acceptors (Lipinski definition) is 8. The zero-order chi connectivity index (χ0) is 28.9. The van der Waals surface area contributed by atoms with Crippen molar-refractivity contribution in [2.75, 3.05) is 35.2 Å². The molecule has 4 heterocycles. The smallest absolute Gasteiger partial charge is 0.278 e. The second kappa shape index (κ2) is 10.5. The predicted molar refractivity (Wildman–Crippen MR) is 160 cm³/mol. The molecule has 2 aliphatic heterocycles. The molecule has 1 fully saturated rings. The third-order valence-corrected chi connectivity index (χ3v) is 10.2. The van der Waals surface area contributed by atoms with E-state index in [4.69, 9.17) is 5.73 Å². The van der Waals surface area contributed by atoms with E-state index >= 15 is 0 Å². The number of fused-ring (bicyclic) bond motifs is 2. The molecule has 41 heavy (non-hydrogen) atoms. The van der Waals surface area contributed by atoms with Gasteiger partial charge in [0.25, 0.3) is 5.91 Å². The fraction of sp³-hybridized carbons (Fsp3) is 0.467. The molecule has 216 valence electrons. The van der Waals surface area contributed by atoms with E-state index < -0.39 is 11.0 Å². The van der Waals surface area contributed by atoms with E-state index in [0.29, 0.717) is 30.3 Å². The predicted octanol–water partition coefficient (Wildman–Crippen LogP) is 3.08. The molecule has 11 heteroatoms. The van der Waals surface area contributed by atoms with Crippen LogP contribution in [0.4, 0.5) is 17.3 Å². The first-order chi connectivity index (χ1) is 19.6. The number of aliphatic hydroxyl groups excluding tert-OH is 1. The molecule has 0 saturated carbocycles. The number of nitrogens with one attached hydrogen (secondary N) is 1. The van der Waals surface area contributed by atoms with E-state index in [-0.39, 0.29) is 34.4 Å². The molecular formula is C30H37N7O3S. The molecule has 10 nitrogen and oxygen atoms in total. The molecule has 1 spiro atoms. The molecule has 6 rings (SSSR count). The molecule has 1 unspecified atom stereocenters. The molecule has 0 bridgehead atoms. The summed E-state index contributed by atoms with van der Waals surface area (Å²) in [6, 6.07) is 12.0. The van der Waals surface area contributed by atoms with E-state index in [1.165, 1.54) is 17.3 Å². The number of hydrogen-bond donors (Lipinski definition) is 3. The second-order valence-electron chi connectivity index (χ2n) is 12.2. The van der Waals surface area contributed by atoms with E-state index in [2.05, 4.69) is 48.8 Å². The number of amides is 1. The van der Waals surface area contributed by atoms with Gasteiger partial charge in [-0.1, -0.05) is 24.3 Å². The number of carbonyl (C=O) groups is 1. The van der Waals surface area contributed by atoms with Crippen LogP contribution < -0.4 is 20.3 Å². The van der Waals surface area contributed by atoms with Gasteiger partial charge >= 0.3 is 0 Å². The molecule has 1 saturated heterocycles. The molecule has 0 radical (unpaired) electrons. The highest BCUT2D eigenvalue weighted by Crippen LogP contribution is 2.52. The lowest BCUT2D eigenvalue weighted by atomic mass is 9.73. The number of nitrogen functional groups attached to an aromatic ring is 1. The number of aliphatic hydroxyl groups is 1. The largest absolute Gasteiger partial charge is 0.390 e. The number of nitrogens with two attached hydrogens (primary N) is 1. The van der Waals surface area contributed by atoms with Crippen LogP contribution in [0.1, 0.15) is 72.7 Å². The van der Waals surface area contributed by atoms with Crippen molar-refractivity contribution >= 4 is 34.2 Å². The van der Waals surface area contributed by atoms with Crippen LogP contribution in [-0.4, -0.2) is 54.6 Å². The average molecular weight is 576 g/mol. The van der Waals surface area contributed by atoms with Gasteiger partial charge in [0.15, 0.2) is 5.82 Å². The molecule has 1 aromatic carbocycles. The maximum Gasteiger partial charge on any atom is 0.278 e. The Morgan fingerprint density at radius 3 is 2.63 bits per heavy atom. The zero-order valence-electron chi connectivity index (χ0n) is 23.8. The summed E-state index contributed by atoms with van der Waals surface area (Å²) in [5.74, 6) is 0.763. The summed E-state index contributed by atoms with van der Waals surface area (Å²) >= 11 is 0. The van der Waals surface area contributed by atoms with Crippen LogP contribution in [0.3, 0.4) is 0 Å². The van der Waals surface area contributed by atoms with Crippen molar-refractivity contribution in [3.05, 3.63) is 70.8 Å². The number of aromatic nitrogens is 3. The first-order valence-electron chi connectivity index (χ1n) is 14.1. The van der Waals surface area contributed by atoms with Crippen LogP contribution in [0.15, 0.2) is 42.6 Å². The van der Waals surface area contributed by atoms with Crippen molar-refractivity contribution in [2.45, 2.75) is 63.9 Å². The summed E-state index contributed by atoms with van der Waals surface area (Å²) in [6.45, 7) is 7.58. The number of anilines is 3. The monoisotopic (exact) mass is 575 g/mol. The summed E-state index contributed by atoms with van der Waals surface area (Å²) in [4.78, 5) is 30.7. The van der Waals surface area contributed by atoms with Gasteiger partial charge in [-0.15, -0.1) is 0 Å². The van der Waals surface area contributed by atoms with Crippen molar-refractivity contribution in [3.8, 4) is 0 Å². The quantitative estimate of drug-likeness (QED) is 0.422. The normalized spacial score (nSPS) is 20.2. The van der Waals surface area contributed by atoms with Crippen molar-refractivity contribution in [2.24, 2.45) is 5.41 Å². The molecule has 2 aromatic heterocycles. The summed E-state index contributed by atoms with van der Waals surface area (Å²) in [5, 5.41) is 10.2. The summed E-state index contributed by atoms with van der Waals surface area (Å²) in [7, 11) is -1.20. The van der Waals surface area contributed by atoms with E-state index in [9.17, 15) is 14.1 Å². The molecule has 3 aliphatic rings. The highest BCUT2D eigenvalue weighted by molar-refractivity contribution is 7.84. The average Bonchev–Trinajstić information content (AvgIpc) is 3.51. The van der Waals surface area contributed by atoms with Crippen LogP contribution in [-0.2, 0) is 30.4 Å². The number of carbonyl (C=O) groups excluding carboxylic acids is 1. The van der Waals surface area contributed by atoms with Crippen molar-refractivity contribution in [3.63, 3.8) is 0 Å². The minimum absolute atomic E-state index is 0.00233. The summed E-state index contributed by atoms with van der Waals surface area (Å²) in [5.41, 5.74) is 10.4. The third kappa shape index (κ3) is 5.00. The topological polar surface area (TPSA) is 138 Å². The summed E-state index contributed by atoms with van der Waals surface area (Å²) in [6.07, 6.45) is 4.80. The van der Waals surface area contributed by atoms with Crippen molar-refractivity contribution in [1.29, 1.82) is 0 Å². The van der Waals surface area contributed by atoms with Gasteiger partial charge in [-0.3, -0.25) is 4.79 Å². The number of nitrogens with zero attached hydrogens (tertiary/aromatic N) is 5. The Hall–Kier alpha value is -3.41. The molecule has 4 N–H and O–H groups in total. The molecule has 2 atom stereocenters. The standard InChI is InChI=1S/C30H37N7O3S/c1-29(2,3)41(40)35-26-20-7-5-4-6-19(20)16-30(26)11-14-36(15-12-30)27-23(18-38)33-22(17-32-27)28(39)37-13-10-21-24(37)8-9-25(31)34-21/h4-9,17,26,35,38H,10-16,18H2,1-3H3,(H2,31,34)/t26?,41-/m1/s1. The van der Waals surface area contributed by atoms with Crippen molar-refractivity contribution < 1.29 is 14.1 Å². The lowest BCUT2D eigenvalue weighted by Crippen LogP contribution is -2.48. The van der Waals surface area contributed by atoms with Gasteiger partial charge in [-0.2, -0.15) is 0 Å². The molecular weight excluding hydrogens is 538 g/mol. The molecule has 3 aromatic rings. The van der Waals surface area contributed by atoms with Crippen LogP contribution in [0.25, 0.3) is 0 Å². The minimum Gasteiger partial charge on any atom is -0.390 e. The Bertz CT molecular complexity index is 1510. The van der Waals surface area contributed by atoms with Gasteiger partial charge in [-0.25, -0.2) is 23.9 Å². The maximum absolute atomic E-state index is 13.4. The number of piperidine rings is 1. The fourth-order valence-electron chi connectivity index (χ4n) is 6.41. The second-order valence-corrected chi connectivity index (χ2v) is 14.2. The van der Waals surface area contributed by atoms with Crippen molar-refractivity contribution in [1.82, 2.24) is 19.7 Å². The van der Waals surface area contributed by atoms with Crippen LogP contribution in [0.5, 0.6) is 0 Å². The zero-order valence-corrected chi connectivity index (χ0v) is 24.6. The van der Waals surface area contributed by atoms with Crippen LogP contribution >= 0.6 is 0 Å². The lowest BCUT2D eigenvalue weighted by molar-refractivity contribution is 0.0983.